The highest BCUT2D eigenvalue weighted by Crippen LogP contribution is 2.33. The Morgan fingerprint density at radius 1 is 1.11 bits per heavy atom. The molecule has 0 saturated heterocycles. The summed E-state index contributed by atoms with van der Waals surface area (Å²) < 4.78 is 10.7. The predicted molar refractivity (Wildman–Crippen MR) is 102 cm³/mol. The topological polar surface area (TPSA) is 69.2 Å². The quantitative estimate of drug-likeness (QED) is 0.816. The first-order chi connectivity index (χ1) is 13.1. The van der Waals surface area contributed by atoms with Crippen molar-refractivity contribution in [3.63, 3.8) is 0 Å². The van der Waals surface area contributed by atoms with E-state index in [0.29, 0.717) is 28.8 Å². The standard InChI is InChI=1S/C19H16Cl2N2O4/c20-14-3-1-11(5-15(14)21)9-22-19(24)8-13-7-16(23-27-13)12-2-4-17-18(6-12)26-10-25-17/h1-6,13H,7-10H2,(H,22,24). The monoisotopic (exact) mass is 406 g/mol. The maximum absolute atomic E-state index is 12.2. The molecule has 0 aliphatic carbocycles. The molecule has 6 nitrogen and oxygen atoms in total. The molecule has 140 valence electrons. The summed E-state index contributed by atoms with van der Waals surface area (Å²) in [5, 5.41) is 7.91. The third kappa shape index (κ3) is 4.12. The molecular weight excluding hydrogens is 391 g/mol. The molecule has 1 N–H and O–H groups in total. The minimum absolute atomic E-state index is 0.117. The number of fused-ring (bicyclic) bond motifs is 1. The molecule has 0 fully saturated rings. The number of nitrogens with one attached hydrogen (secondary N) is 1. The molecule has 2 aromatic carbocycles. The Labute approximate surface area is 166 Å². The number of amides is 1. The molecule has 1 unspecified atom stereocenters. The minimum Gasteiger partial charge on any atom is -0.454 e. The van der Waals surface area contributed by atoms with Crippen LogP contribution in [0.15, 0.2) is 41.6 Å². The number of hydrogen-bond acceptors (Lipinski definition) is 5. The van der Waals surface area contributed by atoms with E-state index in [2.05, 4.69) is 10.5 Å². The van der Waals surface area contributed by atoms with Gasteiger partial charge in [-0.2, -0.15) is 0 Å². The number of nitrogens with zero attached hydrogens (tertiary/aromatic N) is 1. The van der Waals surface area contributed by atoms with Crippen molar-refractivity contribution in [2.24, 2.45) is 5.16 Å². The average Bonchev–Trinajstić information content (AvgIpc) is 3.31. The molecule has 2 aliphatic rings. The van der Waals surface area contributed by atoms with E-state index in [0.717, 1.165) is 22.6 Å². The Hall–Kier alpha value is -2.44. The second-order valence-corrected chi connectivity index (χ2v) is 7.08. The molecule has 2 aliphatic heterocycles. The molecule has 0 spiro atoms. The van der Waals surface area contributed by atoms with Gasteiger partial charge in [0.25, 0.3) is 0 Å². The molecule has 0 saturated carbocycles. The molecule has 8 heteroatoms. The van der Waals surface area contributed by atoms with E-state index in [1.165, 1.54) is 0 Å². The number of oxime groups is 1. The molecule has 1 amide bonds. The van der Waals surface area contributed by atoms with Crippen molar-refractivity contribution in [2.75, 3.05) is 6.79 Å². The van der Waals surface area contributed by atoms with Gasteiger partial charge in [0.15, 0.2) is 11.5 Å². The Bertz CT molecular complexity index is 917. The van der Waals surface area contributed by atoms with Crippen molar-refractivity contribution in [1.29, 1.82) is 0 Å². The van der Waals surface area contributed by atoms with Gasteiger partial charge in [-0.3, -0.25) is 4.79 Å². The number of ether oxygens (including phenoxy) is 2. The normalized spacial score (nSPS) is 17.4. The maximum atomic E-state index is 12.2. The highest BCUT2D eigenvalue weighted by Gasteiger charge is 2.26. The Morgan fingerprint density at radius 3 is 2.81 bits per heavy atom. The second kappa shape index (κ2) is 7.66. The SMILES string of the molecule is O=C(CC1CC(c2ccc3c(c2)OCO3)=NO1)NCc1ccc(Cl)c(Cl)c1. The summed E-state index contributed by atoms with van der Waals surface area (Å²) in [6.07, 6.45) is 0.484. The number of rotatable bonds is 5. The van der Waals surface area contributed by atoms with Gasteiger partial charge >= 0.3 is 0 Å². The van der Waals surface area contributed by atoms with Crippen LogP contribution in [0.5, 0.6) is 11.5 Å². The Morgan fingerprint density at radius 2 is 1.96 bits per heavy atom. The lowest BCUT2D eigenvalue weighted by molar-refractivity contribution is -0.123. The molecule has 4 rings (SSSR count). The van der Waals surface area contributed by atoms with Gasteiger partial charge in [-0.15, -0.1) is 0 Å². The average molecular weight is 407 g/mol. The summed E-state index contributed by atoms with van der Waals surface area (Å²) in [6.45, 7) is 0.599. The number of carbonyl (C=O) groups excluding carboxylic acids is 1. The highest BCUT2D eigenvalue weighted by molar-refractivity contribution is 6.42. The number of carbonyl (C=O) groups is 1. The van der Waals surface area contributed by atoms with Gasteiger partial charge in [-0.05, 0) is 35.9 Å². The van der Waals surface area contributed by atoms with Crippen molar-refractivity contribution >= 4 is 34.8 Å². The minimum atomic E-state index is -0.292. The maximum Gasteiger partial charge on any atom is 0.231 e. The third-order valence-corrected chi connectivity index (χ3v) is 5.06. The zero-order valence-electron chi connectivity index (χ0n) is 14.2. The van der Waals surface area contributed by atoms with Crippen molar-refractivity contribution in [3.05, 3.63) is 57.6 Å². The van der Waals surface area contributed by atoms with Gasteiger partial charge in [0.1, 0.15) is 6.10 Å². The van der Waals surface area contributed by atoms with Crippen molar-refractivity contribution in [1.82, 2.24) is 5.32 Å². The van der Waals surface area contributed by atoms with Crippen molar-refractivity contribution in [3.8, 4) is 11.5 Å². The number of hydrogen-bond donors (Lipinski definition) is 1. The fourth-order valence-electron chi connectivity index (χ4n) is 2.91. The fraction of sp³-hybridized carbons (Fsp3) is 0.263. The van der Waals surface area contributed by atoms with Crippen LogP contribution in [-0.4, -0.2) is 24.5 Å². The highest BCUT2D eigenvalue weighted by atomic mass is 35.5. The van der Waals surface area contributed by atoms with Crippen molar-refractivity contribution in [2.45, 2.75) is 25.5 Å². The summed E-state index contributed by atoms with van der Waals surface area (Å²) in [7, 11) is 0. The van der Waals surface area contributed by atoms with Gasteiger partial charge in [0, 0.05) is 18.5 Å². The molecular formula is C19H16Cl2N2O4. The third-order valence-electron chi connectivity index (χ3n) is 4.33. The smallest absolute Gasteiger partial charge is 0.231 e. The van der Waals surface area contributed by atoms with E-state index in [9.17, 15) is 4.79 Å². The summed E-state index contributed by atoms with van der Waals surface area (Å²) in [6, 6.07) is 10.9. The van der Waals surface area contributed by atoms with Crippen LogP contribution in [0.1, 0.15) is 24.0 Å². The van der Waals surface area contributed by atoms with Crippen LogP contribution in [0.3, 0.4) is 0 Å². The van der Waals surface area contributed by atoms with Crippen LogP contribution >= 0.6 is 23.2 Å². The zero-order chi connectivity index (χ0) is 18.8. The van der Waals surface area contributed by atoms with E-state index in [1.807, 2.05) is 24.3 Å². The van der Waals surface area contributed by atoms with Gasteiger partial charge in [-0.1, -0.05) is 34.4 Å². The van der Waals surface area contributed by atoms with E-state index in [-0.39, 0.29) is 25.2 Å². The second-order valence-electron chi connectivity index (χ2n) is 6.27. The molecule has 0 aromatic heterocycles. The number of halogens is 2. The number of benzene rings is 2. The first-order valence-electron chi connectivity index (χ1n) is 8.42. The first kappa shape index (κ1) is 17.9. The van der Waals surface area contributed by atoms with Crippen LogP contribution in [0, 0.1) is 0 Å². The molecule has 0 radical (unpaired) electrons. The van der Waals surface area contributed by atoms with Crippen LogP contribution in [-0.2, 0) is 16.2 Å². The van der Waals surface area contributed by atoms with Gasteiger partial charge in [-0.25, -0.2) is 0 Å². The molecule has 1 atom stereocenters. The summed E-state index contributed by atoms with van der Waals surface area (Å²) in [5.41, 5.74) is 2.57. The largest absolute Gasteiger partial charge is 0.454 e. The van der Waals surface area contributed by atoms with Crippen LogP contribution in [0.2, 0.25) is 10.0 Å². The molecule has 2 aromatic rings. The summed E-state index contributed by atoms with van der Waals surface area (Å²) >= 11 is 11.9. The van der Waals surface area contributed by atoms with Gasteiger partial charge in [0.05, 0.1) is 22.2 Å². The lowest BCUT2D eigenvalue weighted by atomic mass is 10.0. The van der Waals surface area contributed by atoms with Gasteiger partial charge in [0.2, 0.25) is 12.7 Å². The molecule has 2 heterocycles. The van der Waals surface area contributed by atoms with E-state index in [4.69, 9.17) is 37.5 Å². The van der Waals surface area contributed by atoms with Gasteiger partial charge < -0.3 is 19.6 Å². The Balaban J connectivity index is 1.28. The lowest BCUT2D eigenvalue weighted by Crippen LogP contribution is -2.27. The molecule has 0 bridgehead atoms. The van der Waals surface area contributed by atoms with Crippen molar-refractivity contribution < 1.29 is 19.1 Å². The zero-order valence-corrected chi connectivity index (χ0v) is 15.7. The fourth-order valence-corrected chi connectivity index (χ4v) is 3.23. The van der Waals surface area contributed by atoms with Crippen LogP contribution in [0.25, 0.3) is 0 Å². The van der Waals surface area contributed by atoms with E-state index < -0.39 is 0 Å². The summed E-state index contributed by atoms with van der Waals surface area (Å²) in [4.78, 5) is 17.6. The van der Waals surface area contributed by atoms with Crippen LogP contribution < -0.4 is 14.8 Å². The van der Waals surface area contributed by atoms with Crippen LogP contribution in [0.4, 0.5) is 0 Å². The summed E-state index contributed by atoms with van der Waals surface area (Å²) in [5.74, 6) is 1.29. The van der Waals surface area contributed by atoms with E-state index in [1.54, 1.807) is 12.1 Å². The Kier molecular flexibility index (Phi) is 5.09. The van der Waals surface area contributed by atoms with E-state index >= 15 is 0 Å². The first-order valence-corrected chi connectivity index (χ1v) is 9.17. The molecule has 27 heavy (non-hydrogen) atoms. The predicted octanol–water partition coefficient (Wildman–Crippen LogP) is 3.92. The lowest BCUT2D eigenvalue weighted by Gasteiger charge is -2.09.